The summed E-state index contributed by atoms with van der Waals surface area (Å²) >= 11 is 0. The third-order valence-electron chi connectivity index (χ3n) is 1.56. The van der Waals surface area contributed by atoms with Gasteiger partial charge in [-0.15, -0.1) is 0 Å². The molecule has 0 amide bonds. The molecular formula is C8H18FNO. The molecule has 0 aromatic rings. The minimum Gasteiger partial charge on any atom is -0.301 e. The standard InChI is InChI=1S/C8H18FNO/c1-3-5-10(6-4-2)7-8-11-9/h3-8H2,1-2H3. The number of nitrogens with zero attached hydrogens (tertiary/aromatic N) is 1. The maximum atomic E-state index is 11.3. The molecule has 0 unspecified atom stereocenters. The van der Waals surface area contributed by atoms with Gasteiger partial charge in [-0.3, -0.25) is 0 Å². The Morgan fingerprint density at radius 2 is 1.64 bits per heavy atom. The van der Waals surface area contributed by atoms with Gasteiger partial charge in [0.05, 0.1) is 0 Å². The fraction of sp³-hybridized carbons (Fsp3) is 1.00. The van der Waals surface area contributed by atoms with E-state index >= 15 is 0 Å². The van der Waals surface area contributed by atoms with Crippen LogP contribution in [-0.2, 0) is 4.94 Å². The van der Waals surface area contributed by atoms with Crippen LogP contribution >= 0.6 is 0 Å². The van der Waals surface area contributed by atoms with Crippen LogP contribution in [0.25, 0.3) is 0 Å². The second-order valence-corrected chi connectivity index (χ2v) is 2.65. The zero-order valence-electron chi connectivity index (χ0n) is 7.48. The van der Waals surface area contributed by atoms with E-state index in [1.807, 2.05) is 0 Å². The summed E-state index contributed by atoms with van der Waals surface area (Å²) in [6.07, 6.45) is 2.23. The van der Waals surface area contributed by atoms with Crippen molar-refractivity contribution in [3.63, 3.8) is 0 Å². The van der Waals surface area contributed by atoms with Crippen LogP contribution in [0.1, 0.15) is 26.7 Å². The van der Waals surface area contributed by atoms with Crippen LogP contribution in [-0.4, -0.2) is 31.1 Å². The van der Waals surface area contributed by atoms with Crippen molar-refractivity contribution in [2.75, 3.05) is 26.2 Å². The molecule has 0 rings (SSSR count). The maximum absolute atomic E-state index is 11.3. The molecule has 0 N–H and O–H groups in total. The first-order valence-corrected chi connectivity index (χ1v) is 4.31. The minimum absolute atomic E-state index is 0.194. The highest BCUT2D eigenvalue weighted by molar-refractivity contribution is 4.54. The predicted molar refractivity (Wildman–Crippen MR) is 44.1 cm³/mol. The highest BCUT2D eigenvalue weighted by Gasteiger charge is 2.00. The molecule has 2 nitrogen and oxygen atoms in total. The van der Waals surface area contributed by atoms with Crippen LogP contribution in [0.4, 0.5) is 4.53 Å². The van der Waals surface area contributed by atoms with Crippen LogP contribution in [0.5, 0.6) is 0 Å². The Morgan fingerprint density at radius 3 is 2.00 bits per heavy atom. The lowest BCUT2D eigenvalue weighted by atomic mass is 10.3. The smallest absolute Gasteiger partial charge is 0.100 e. The summed E-state index contributed by atoms with van der Waals surface area (Å²) in [6.45, 7) is 7.23. The van der Waals surface area contributed by atoms with E-state index in [1.54, 1.807) is 0 Å². The normalized spacial score (nSPS) is 10.9. The SMILES string of the molecule is CCCN(CCC)CCOF. The fourth-order valence-electron chi connectivity index (χ4n) is 1.13. The molecule has 0 saturated carbocycles. The van der Waals surface area contributed by atoms with Gasteiger partial charge in [-0.1, -0.05) is 13.8 Å². The van der Waals surface area contributed by atoms with E-state index in [1.165, 1.54) is 0 Å². The van der Waals surface area contributed by atoms with E-state index in [2.05, 4.69) is 23.7 Å². The summed E-state index contributed by atoms with van der Waals surface area (Å²) < 4.78 is 11.3. The van der Waals surface area contributed by atoms with Gasteiger partial charge in [-0.05, 0) is 30.5 Å². The molecule has 0 aliphatic carbocycles. The quantitative estimate of drug-likeness (QED) is 0.569. The molecule has 0 saturated heterocycles. The third-order valence-corrected chi connectivity index (χ3v) is 1.56. The molecule has 0 aliphatic rings. The Hall–Kier alpha value is -0.150. The number of hydrogen-bond acceptors (Lipinski definition) is 2. The van der Waals surface area contributed by atoms with Gasteiger partial charge in [0.15, 0.2) is 0 Å². The summed E-state index contributed by atoms with van der Waals surface area (Å²) in [5, 5.41) is 0. The van der Waals surface area contributed by atoms with Gasteiger partial charge < -0.3 is 4.90 Å². The maximum Gasteiger partial charge on any atom is 0.100 e. The van der Waals surface area contributed by atoms with Crippen molar-refractivity contribution in [3.05, 3.63) is 0 Å². The molecule has 3 heteroatoms. The van der Waals surface area contributed by atoms with E-state index in [4.69, 9.17) is 0 Å². The molecule has 0 aromatic heterocycles. The van der Waals surface area contributed by atoms with Gasteiger partial charge in [-0.2, -0.15) is 4.94 Å². The first-order chi connectivity index (χ1) is 5.35. The Kier molecular flexibility index (Phi) is 7.84. The summed E-state index contributed by atoms with van der Waals surface area (Å²) in [4.78, 5) is 5.73. The van der Waals surface area contributed by atoms with Crippen molar-refractivity contribution in [1.29, 1.82) is 0 Å². The predicted octanol–water partition coefficient (Wildman–Crippen LogP) is 2.01. The lowest BCUT2D eigenvalue weighted by molar-refractivity contribution is -0.136. The average molecular weight is 163 g/mol. The Balaban J connectivity index is 3.34. The molecule has 0 atom stereocenters. The molecule has 0 aromatic carbocycles. The van der Waals surface area contributed by atoms with Gasteiger partial charge in [0.1, 0.15) is 6.61 Å². The van der Waals surface area contributed by atoms with Gasteiger partial charge in [-0.25, -0.2) is 0 Å². The Labute approximate surface area is 68.2 Å². The van der Waals surface area contributed by atoms with E-state index in [0.29, 0.717) is 6.54 Å². The zero-order valence-corrected chi connectivity index (χ0v) is 7.48. The summed E-state index contributed by atoms with van der Waals surface area (Å²) in [5.41, 5.74) is 0. The minimum atomic E-state index is 0.194. The first-order valence-electron chi connectivity index (χ1n) is 4.31. The lowest BCUT2D eigenvalue weighted by Gasteiger charge is -2.19. The van der Waals surface area contributed by atoms with Gasteiger partial charge in [0.25, 0.3) is 0 Å². The van der Waals surface area contributed by atoms with E-state index < -0.39 is 0 Å². The van der Waals surface area contributed by atoms with Crippen molar-refractivity contribution in [2.24, 2.45) is 0 Å². The van der Waals surface area contributed by atoms with Gasteiger partial charge in [0.2, 0.25) is 0 Å². The van der Waals surface area contributed by atoms with E-state index in [-0.39, 0.29) is 6.61 Å². The van der Waals surface area contributed by atoms with Gasteiger partial charge >= 0.3 is 0 Å². The topological polar surface area (TPSA) is 12.5 Å². The van der Waals surface area contributed by atoms with Crippen LogP contribution in [0, 0.1) is 0 Å². The van der Waals surface area contributed by atoms with Crippen LogP contribution in [0.15, 0.2) is 0 Å². The summed E-state index contributed by atoms with van der Waals surface area (Å²) in [5.74, 6) is 0. The molecule has 0 radical (unpaired) electrons. The van der Waals surface area contributed by atoms with E-state index in [9.17, 15) is 4.53 Å². The van der Waals surface area contributed by atoms with Gasteiger partial charge in [0, 0.05) is 6.54 Å². The van der Waals surface area contributed by atoms with Crippen molar-refractivity contribution < 1.29 is 9.47 Å². The van der Waals surface area contributed by atoms with Crippen LogP contribution < -0.4 is 0 Å². The Morgan fingerprint density at radius 1 is 1.09 bits per heavy atom. The summed E-state index contributed by atoms with van der Waals surface area (Å²) in [7, 11) is 0. The van der Waals surface area contributed by atoms with Crippen molar-refractivity contribution in [1.82, 2.24) is 4.90 Å². The number of rotatable bonds is 7. The van der Waals surface area contributed by atoms with Crippen LogP contribution in [0.3, 0.4) is 0 Å². The first kappa shape index (κ1) is 10.8. The lowest BCUT2D eigenvalue weighted by Crippen LogP contribution is -2.28. The van der Waals surface area contributed by atoms with Crippen LogP contribution in [0.2, 0.25) is 0 Å². The molecule has 0 bridgehead atoms. The molecule has 0 spiro atoms. The second-order valence-electron chi connectivity index (χ2n) is 2.65. The number of hydrogen-bond donors (Lipinski definition) is 0. The Bertz CT molecular complexity index is 74.5. The summed E-state index contributed by atoms with van der Waals surface area (Å²) in [6, 6.07) is 0. The largest absolute Gasteiger partial charge is 0.301 e. The van der Waals surface area contributed by atoms with Crippen molar-refractivity contribution in [3.8, 4) is 0 Å². The monoisotopic (exact) mass is 163 g/mol. The molecular weight excluding hydrogens is 145 g/mol. The second kappa shape index (κ2) is 7.95. The van der Waals surface area contributed by atoms with E-state index in [0.717, 1.165) is 25.9 Å². The average Bonchev–Trinajstić information content (AvgIpc) is 2.01. The molecule has 0 fully saturated rings. The molecule has 0 aliphatic heterocycles. The third kappa shape index (κ3) is 6.26. The highest BCUT2D eigenvalue weighted by Crippen LogP contribution is 1.93. The zero-order chi connectivity index (χ0) is 8.53. The van der Waals surface area contributed by atoms with Crippen molar-refractivity contribution >= 4 is 0 Å². The molecule has 11 heavy (non-hydrogen) atoms. The fourth-order valence-corrected chi connectivity index (χ4v) is 1.13. The number of halogens is 1. The molecule has 0 heterocycles. The molecule has 68 valence electrons. The highest BCUT2D eigenvalue weighted by atomic mass is 19.3. The van der Waals surface area contributed by atoms with Crippen molar-refractivity contribution in [2.45, 2.75) is 26.7 Å².